The Bertz CT molecular complexity index is 1260. The number of hydrogen-bond acceptors (Lipinski definition) is 1. The van der Waals surface area contributed by atoms with E-state index >= 15 is 0 Å². The van der Waals surface area contributed by atoms with Crippen molar-refractivity contribution in [2.45, 2.75) is 26.6 Å². The second-order valence-corrected chi connectivity index (χ2v) is 9.82. The summed E-state index contributed by atoms with van der Waals surface area (Å²) in [6.07, 6.45) is 7.54. The summed E-state index contributed by atoms with van der Waals surface area (Å²) in [5.41, 5.74) is 7.47. The van der Waals surface area contributed by atoms with Crippen LogP contribution < -0.4 is 9.13 Å². The fraction of sp³-hybridized carbons (Fsp3) is 0.154. The molecule has 0 saturated carbocycles. The minimum atomic E-state index is -4.40. The van der Waals surface area contributed by atoms with Crippen molar-refractivity contribution in [1.82, 2.24) is 0 Å². The molecule has 2 aromatic carbocycles. The number of nitrogens with zero attached hydrogens (tertiary/aromatic N) is 2. The van der Waals surface area contributed by atoms with Gasteiger partial charge in [-0.3, -0.25) is 4.57 Å². The van der Waals surface area contributed by atoms with Gasteiger partial charge in [-0.05, 0) is 44.0 Å². The van der Waals surface area contributed by atoms with Gasteiger partial charge in [0, 0.05) is 41.0 Å². The second kappa shape index (κ2) is 8.79. The lowest BCUT2D eigenvalue weighted by molar-refractivity contribution is -0.695. The van der Waals surface area contributed by atoms with E-state index in [2.05, 4.69) is 49.6 Å². The molecule has 0 spiro atoms. The summed E-state index contributed by atoms with van der Waals surface area (Å²) < 4.78 is 15.9. The van der Waals surface area contributed by atoms with Gasteiger partial charge in [0.15, 0.2) is 24.8 Å². The third kappa shape index (κ3) is 4.56. The first-order valence-corrected chi connectivity index (χ1v) is 12.1. The van der Waals surface area contributed by atoms with Gasteiger partial charge in [0.1, 0.15) is 0 Å². The molecule has 2 aromatic heterocycles. The van der Waals surface area contributed by atoms with Crippen LogP contribution in [0.2, 0.25) is 0 Å². The molecule has 1 unspecified atom stereocenters. The second-order valence-electron chi connectivity index (χ2n) is 8.15. The fourth-order valence-corrected chi connectivity index (χ4v) is 5.37. The van der Waals surface area contributed by atoms with E-state index < -0.39 is 13.4 Å². The van der Waals surface area contributed by atoms with Crippen LogP contribution in [0.25, 0.3) is 16.8 Å². The van der Waals surface area contributed by atoms with E-state index in [4.69, 9.17) is 0 Å². The van der Waals surface area contributed by atoms with Gasteiger partial charge in [-0.1, -0.05) is 35.9 Å². The lowest BCUT2D eigenvalue weighted by atomic mass is 10.0. The van der Waals surface area contributed by atoms with Gasteiger partial charge in [-0.2, -0.15) is 9.13 Å². The molecule has 0 fully saturated rings. The highest BCUT2D eigenvalue weighted by Crippen LogP contribution is 2.49. The largest absolute Gasteiger partial charge is 0.398 e. The molecular weight excluding hydrogens is 419 g/mol. The molecule has 6 heteroatoms. The zero-order valence-corrected chi connectivity index (χ0v) is 19.3. The van der Waals surface area contributed by atoms with Crippen molar-refractivity contribution in [2.75, 3.05) is 0 Å². The van der Waals surface area contributed by atoms with Crippen LogP contribution in [0.15, 0.2) is 91.5 Å². The summed E-state index contributed by atoms with van der Waals surface area (Å²) >= 11 is 0. The summed E-state index contributed by atoms with van der Waals surface area (Å²) in [6.45, 7) is 6.35. The van der Waals surface area contributed by atoms with Gasteiger partial charge in [-0.25, -0.2) is 0 Å². The summed E-state index contributed by atoms with van der Waals surface area (Å²) in [7, 11) is -4.40. The Labute approximate surface area is 188 Å². The number of aryl methyl sites for hydroxylation is 3. The third-order valence-electron chi connectivity index (χ3n) is 5.61. The third-order valence-corrected chi connectivity index (χ3v) is 6.81. The molecule has 0 radical (unpaired) electrons. The molecule has 0 aliphatic rings. The van der Waals surface area contributed by atoms with Crippen LogP contribution in [-0.4, -0.2) is 9.79 Å². The molecule has 0 amide bonds. The minimum absolute atomic E-state index is 0.572. The smallest absolute Gasteiger partial charge is 0.320 e. The Morgan fingerprint density at radius 1 is 0.750 bits per heavy atom. The van der Waals surface area contributed by atoms with Gasteiger partial charge >= 0.3 is 7.60 Å². The van der Waals surface area contributed by atoms with E-state index in [9.17, 15) is 14.4 Å². The molecule has 4 rings (SSSR count). The van der Waals surface area contributed by atoms with Crippen molar-refractivity contribution < 1.29 is 23.5 Å². The quantitative estimate of drug-likeness (QED) is 0.349. The van der Waals surface area contributed by atoms with E-state index in [1.54, 1.807) is 41.2 Å². The number of pyridine rings is 2. The van der Waals surface area contributed by atoms with Gasteiger partial charge in [-0.15, -0.1) is 0 Å². The maximum absolute atomic E-state index is 12.2. The number of hydrogen-bond donors (Lipinski definition) is 2. The Hall–Kier alpha value is -3.11. The van der Waals surface area contributed by atoms with Crippen LogP contribution in [0.3, 0.4) is 0 Å². The fourth-order valence-electron chi connectivity index (χ4n) is 4.31. The number of rotatable bonds is 5. The van der Waals surface area contributed by atoms with Crippen LogP contribution >= 0.6 is 7.60 Å². The van der Waals surface area contributed by atoms with Crippen molar-refractivity contribution in [3.8, 4) is 16.8 Å². The van der Waals surface area contributed by atoms with Gasteiger partial charge in [0.2, 0.25) is 5.69 Å². The molecular formula is C26H27N2O3P+2. The Morgan fingerprint density at radius 3 is 1.75 bits per heavy atom. The van der Waals surface area contributed by atoms with E-state index in [0.717, 1.165) is 11.1 Å². The molecule has 4 aromatic rings. The lowest BCUT2D eigenvalue weighted by Crippen LogP contribution is -2.39. The van der Waals surface area contributed by atoms with Crippen molar-refractivity contribution in [3.05, 3.63) is 114 Å². The Kier molecular flexibility index (Phi) is 6.07. The van der Waals surface area contributed by atoms with Crippen LogP contribution in [0.5, 0.6) is 0 Å². The van der Waals surface area contributed by atoms with Crippen molar-refractivity contribution in [1.29, 1.82) is 0 Å². The molecule has 0 bridgehead atoms. The molecule has 162 valence electrons. The van der Waals surface area contributed by atoms with Crippen LogP contribution in [0, 0.1) is 20.8 Å². The van der Waals surface area contributed by atoms with E-state index in [1.165, 1.54) is 22.4 Å². The first-order chi connectivity index (χ1) is 15.2. The summed E-state index contributed by atoms with van der Waals surface area (Å²) in [4.78, 5) is 19.9. The van der Waals surface area contributed by atoms with Crippen molar-refractivity contribution >= 4 is 7.60 Å². The zero-order chi connectivity index (χ0) is 22.9. The molecule has 2 N–H and O–H groups in total. The molecule has 2 heterocycles. The molecule has 0 saturated heterocycles. The Balaban J connectivity index is 1.64. The van der Waals surface area contributed by atoms with Gasteiger partial charge in [0.25, 0.3) is 5.78 Å². The van der Waals surface area contributed by atoms with Crippen LogP contribution in [-0.2, 0) is 4.57 Å². The normalized spacial score (nSPS) is 12.5. The predicted molar refractivity (Wildman–Crippen MR) is 124 cm³/mol. The highest BCUT2D eigenvalue weighted by Gasteiger charge is 2.38. The standard InChI is InChI=1S/C26H25N2O3P/c1-19-17-20(2)25(21(3)18-19)27-13-9-22(10-14-27)23-11-15-28(16-12-23)26(32(29,30)31)24-7-5-4-6-8-24/h4-18,26H,1-3H3/p+2. The molecule has 32 heavy (non-hydrogen) atoms. The molecule has 0 aliphatic heterocycles. The monoisotopic (exact) mass is 446 g/mol. The van der Waals surface area contributed by atoms with Crippen LogP contribution in [0.4, 0.5) is 0 Å². The first kappa shape index (κ1) is 22.1. The molecule has 1 atom stereocenters. The van der Waals surface area contributed by atoms with E-state index in [0.29, 0.717) is 5.56 Å². The highest BCUT2D eigenvalue weighted by molar-refractivity contribution is 7.51. The number of benzene rings is 2. The SMILES string of the molecule is Cc1cc(C)c(-[n+]2ccc(-c3cc[n+](C(c4ccccc4)P(=O)(O)O)cc3)cc2)c(C)c1. The number of aromatic nitrogens is 2. The van der Waals surface area contributed by atoms with E-state index in [1.807, 2.05) is 30.6 Å². The van der Waals surface area contributed by atoms with Gasteiger partial charge in [0.05, 0.1) is 0 Å². The average Bonchev–Trinajstić information content (AvgIpc) is 2.74. The highest BCUT2D eigenvalue weighted by atomic mass is 31.2. The Morgan fingerprint density at radius 2 is 1.25 bits per heavy atom. The average molecular weight is 446 g/mol. The van der Waals surface area contributed by atoms with Gasteiger partial charge < -0.3 is 9.79 Å². The first-order valence-electron chi connectivity index (χ1n) is 10.4. The topological polar surface area (TPSA) is 65.3 Å². The maximum Gasteiger partial charge on any atom is 0.398 e. The summed E-state index contributed by atoms with van der Waals surface area (Å²) in [6, 6.07) is 21.1. The molecule has 0 aliphatic carbocycles. The maximum atomic E-state index is 12.2. The predicted octanol–water partition coefficient (Wildman–Crippen LogP) is 4.57. The van der Waals surface area contributed by atoms with Crippen molar-refractivity contribution in [2.24, 2.45) is 0 Å². The van der Waals surface area contributed by atoms with E-state index in [-0.39, 0.29) is 0 Å². The minimum Gasteiger partial charge on any atom is -0.320 e. The molecule has 5 nitrogen and oxygen atoms in total. The zero-order valence-electron chi connectivity index (χ0n) is 18.4. The van der Waals surface area contributed by atoms with Crippen molar-refractivity contribution in [3.63, 3.8) is 0 Å². The lowest BCUT2D eigenvalue weighted by Gasteiger charge is -2.14. The summed E-state index contributed by atoms with van der Waals surface area (Å²) in [5, 5.41) is 0. The summed E-state index contributed by atoms with van der Waals surface area (Å²) in [5.74, 6) is -1.05. The van der Waals surface area contributed by atoms with Crippen LogP contribution in [0.1, 0.15) is 28.0 Å².